The third-order valence-electron chi connectivity index (χ3n) is 3.46. The average molecular weight is 349 g/mol. The summed E-state index contributed by atoms with van der Waals surface area (Å²) in [6.07, 6.45) is 0. The van der Waals surface area contributed by atoms with Gasteiger partial charge in [0, 0.05) is 5.69 Å². The molecule has 0 fully saturated rings. The Hall–Kier alpha value is -2.21. The maximum Gasteiger partial charge on any atom is 0.239 e. The first-order valence-corrected chi connectivity index (χ1v) is 9.42. The molecule has 6 heteroatoms. The van der Waals surface area contributed by atoms with Crippen molar-refractivity contribution in [1.82, 2.24) is 0 Å². The van der Waals surface area contributed by atoms with Gasteiger partial charge in [-0.05, 0) is 41.3 Å². The van der Waals surface area contributed by atoms with Crippen molar-refractivity contribution in [3.05, 3.63) is 65.5 Å². The topological polar surface area (TPSA) is 63.2 Å². The molecule has 128 valence electrons. The van der Waals surface area contributed by atoms with Crippen LogP contribution in [0.4, 0.5) is 10.1 Å². The Morgan fingerprint density at radius 2 is 1.83 bits per heavy atom. The van der Waals surface area contributed by atoms with Gasteiger partial charge in [0.15, 0.2) is 9.84 Å². The van der Waals surface area contributed by atoms with E-state index in [0.29, 0.717) is 17.2 Å². The Labute approximate surface area is 141 Å². The number of amides is 1. The molecule has 4 nitrogen and oxygen atoms in total. The summed E-state index contributed by atoms with van der Waals surface area (Å²) in [6.45, 7) is 4.06. The summed E-state index contributed by atoms with van der Waals surface area (Å²) in [5.74, 6) is -1.82. The molecule has 2 aromatic carbocycles. The number of hydrogen-bond acceptors (Lipinski definition) is 3. The third kappa shape index (κ3) is 5.45. The van der Waals surface area contributed by atoms with Gasteiger partial charge in [-0.15, -0.1) is 0 Å². The van der Waals surface area contributed by atoms with E-state index < -0.39 is 27.3 Å². The Morgan fingerprint density at radius 1 is 1.12 bits per heavy atom. The van der Waals surface area contributed by atoms with E-state index in [0.717, 1.165) is 11.6 Å². The molecule has 2 aromatic rings. The van der Waals surface area contributed by atoms with E-state index in [1.165, 1.54) is 18.2 Å². The first kappa shape index (κ1) is 18.1. The lowest BCUT2D eigenvalue weighted by Gasteiger charge is -2.10. The van der Waals surface area contributed by atoms with Gasteiger partial charge in [-0.25, -0.2) is 12.8 Å². The van der Waals surface area contributed by atoms with E-state index in [1.807, 2.05) is 32.0 Å². The molecule has 2 rings (SSSR count). The summed E-state index contributed by atoms with van der Waals surface area (Å²) in [7, 11) is -3.68. The monoisotopic (exact) mass is 349 g/mol. The molecular weight excluding hydrogens is 329 g/mol. The van der Waals surface area contributed by atoms with E-state index in [-0.39, 0.29) is 5.75 Å². The second-order valence-corrected chi connectivity index (χ2v) is 8.05. The van der Waals surface area contributed by atoms with Crippen LogP contribution in [0, 0.1) is 5.82 Å². The summed E-state index contributed by atoms with van der Waals surface area (Å²) < 4.78 is 37.3. The van der Waals surface area contributed by atoms with Crippen molar-refractivity contribution in [2.45, 2.75) is 25.5 Å². The van der Waals surface area contributed by atoms with Crippen LogP contribution in [0.15, 0.2) is 48.5 Å². The van der Waals surface area contributed by atoms with Crippen molar-refractivity contribution in [2.75, 3.05) is 11.1 Å². The molecule has 0 atom stereocenters. The number of benzene rings is 2. The molecule has 0 aliphatic heterocycles. The number of rotatable bonds is 6. The van der Waals surface area contributed by atoms with Crippen LogP contribution < -0.4 is 5.32 Å². The van der Waals surface area contributed by atoms with E-state index in [1.54, 1.807) is 6.07 Å². The second kappa shape index (κ2) is 7.57. The fraction of sp³-hybridized carbons (Fsp3) is 0.278. The predicted octanol–water partition coefficient (Wildman–Crippen LogP) is 3.50. The van der Waals surface area contributed by atoms with Crippen molar-refractivity contribution in [3.8, 4) is 0 Å². The first-order chi connectivity index (χ1) is 11.2. The molecule has 0 spiro atoms. The van der Waals surface area contributed by atoms with Gasteiger partial charge in [0.25, 0.3) is 0 Å². The minimum Gasteiger partial charge on any atom is -0.325 e. The fourth-order valence-corrected chi connectivity index (χ4v) is 3.57. The molecule has 1 amide bonds. The third-order valence-corrected chi connectivity index (χ3v) is 4.94. The molecule has 0 radical (unpaired) electrons. The summed E-state index contributed by atoms with van der Waals surface area (Å²) in [5, 5.41) is 2.60. The van der Waals surface area contributed by atoms with Gasteiger partial charge in [0.2, 0.25) is 5.91 Å². The van der Waals surface area contributed by atoms with Gasteiger partial charge in [0.05, 0.1) is 5.75 Å². The van der Waals surface area contributed by atoms with Crippen LogP contribution in [-0.4, -0.2) is 20.1 Å². The Bertz CT molecular complexity index is 832. The normalized spacial score (nSPS) is 11.5. The van der Waals surface area contributed by atoms with Crippen molar-refractivity contribution in [1.29, 1.82) is 0 Å². The molecule has 0 aliphatic rings. The minimum atomic E-state index is -3.68. The number of sulfone groups is 1. The smallest absolute Gasteiger partial charge is 0.239 e. The lowest BCUT2D eigenvalue weighted by Crippen LogP contribution is -2.24. The number of hydrogen-bond donors (Lipinski definition) is 1. The molecule has 0 unspecified atom stereocenters. The van der Waals surface area contributed by atoms with Gasteiger partial charge >= 0.3 is 0 Å². The van der Waals surface area contributed by atoms with Crippen LogP contribution in [0.25, 0.3) is 0 Å². The summed E-state index contributed by atoms with van der Waals surface area (Å²) in [6, 6.07) is 12.6. The zero-order chi connectivity index (χ0) is 17.7. The lowest BCUT2D eigenvalue weighted by molar-refractivity contribution is -0.113. The zero-order valence-corrected chi connectivity index (χ0v) is 14.4. The molecule has 0 saturated heterocycles. The molecule has 0 heterocycles. The van der Waals surface area contributed by atoms with Crippen molar-refractivity contribution >= 4 is 21.4 Å². The van der Waals surface area contributed by atoms with Gasteiger partial charge in [-0.1, -0.05) is 38.1 Å². The highest BCUT2D eigenvalue weighted by atomic mass is 32.2. The van der Waals surface area contributed by atoms with Crippen molar-refractivity contribution in [3.63, 3.8) is 0 Å². The predicted molar refractivity (Wildman–Crippen MR) is 93.1 cm³/mol. The average Bonchev–Trinajstić information content (AvgIpc) is 2.46. The largest absolute Gasteiger partial charge is 0.325 e. The summed E-state index contributed by atoms with van der Waals surface area (Å²) in [4.78, 5) is 12.0. The molecule has 0 saturated carbocycles. The van der Waals surface area contributed by atoms with E-state index >= 15 is 0 Å². The Morgan fingerprint density at radius 3 is 2.50 bits per heavy atom. The lowest BCUT2D eigenvalue weighted by atomic mass is 10.0. The van der Waals surface area contributed by atoms with Crippen LogP contribution >= 0.6 is 0 Å². The van der Waals surface area contributed by atoms with E-state index in [2.05, 4.69) is 5.32 Å². The maximum absolute atomic E-state index is 13.1. The molecule has 1 N–H and O–H groups in total. The SMILES string of the molecule is CC(C)c1cccc(NC(=O)CS(=O)(=O)Cc2cccc(F)c2)c1. The van der Waals surface area contributed by atoms with Gasteiger partial charge in [-0.3, -0.25) is 4.79 Å². The Balaban J connectivity index is 2.02. The molecular formula is C18H20FNO3S. The quantitative estimate of drug-likeness (QED) is 0.868. The van der Waals surface area contributed by atoms with Crippen LogP contribution in [-0.2, 0) is 20.4 Å². The molecule has 0 aromatic heterocycles. The standard InChI is InChI=1S/C18H20FNO3S/c1-13(2)15-6-4-8-17(10-15)20-18(21)12-24(22,23)11-14-5-3-7-16(19)9-14/h3-10,13H,11-12H2,1-2H3,(H,20,21). The van der Waals surface area contributed by atoms with E-state index in [4.69, 9.17) is 0 Å². The minimum absolute atomic E-state index is 0.304. The number of anilines is 1. The highest BCUT2D eigenvalue weighted by Crippen LogP contribution is 2.18. The highest BCUT2D eigenvalue weighted by molar-refractivity contribution is 7.91. The van der Waals surface area contributed by atoms with Gasteiger partial charge < -0.3 is 5.32 Å². The van der Waals surface area contributed by atoms with Crippen LogP contribution in [0.1, 0.15) is 30.9 Å². The number of carbonyl (C=O) groups is 1. The summed E-state index contributed by atoms with van der Waals surface area (Å²) in [5.41, 5.74) is 1.94. The Kier molecular flexibility index (Phi) is 5.72. The van der Waals surface area contributed by atoms with Gasteiger partial charge in [-0.2, -0.15) is 0 Å². The first-order valence-electron chi connectivity index (χ1n) is 7.60. The molecule has 24 heavy (non-hydrogen) atoms. The summed E-state index contributed by atoms with van der Waals surface area (Å²) >= 11 is 0. The van der Waals surface area contributed by atoms with E-state index in [9.17, 15) is 17.6 Å². The van der Waals surface area contributed by atoms with Crippen molar-refractivity contribution < 1.29 is 17.6 Å². The second-order valence-electron chi connectivity index (χ2n) is 5.99. The zero-order valence-electron chi connectivity index (χ0n) is 13.6. The molecule has 0 aliphatic carbocycles. The van der Waals surface area contributed by atoms with Crippen LogP contribution in [0.5, 0.6) is 0 Å². The molecule has 0 bridgehead atoms. The maximum atomic E-state index is 13.1. The fourth-order valence-electron chi connectivity index (χ4n) is 2.30. The number of nitrogens with one attached hydrogen (secondary N) is 1. The van der Waals surface area contributed by atoms with Crippen LogP contribution in [0.2, 0.25) is 0 Å². The number of carbonyl (C=O) groups excluding carboxylic acids is 1. The van der Waals surface area contributed by atoms with Crippen molar-refractivity contribution in [2.24, 2.45) is 0 Å². The van der Waals surface area contributed by atoms with Crippen LogP contribution in [0.3, 0.4) is 0 Å². The number of halogens is 1. The highest BCUT2D eigenvalue weighted by Gasteiger charge is 2.18. The van der Waals surface area contributed by atoms with Gasteiger partial charge in [0.1, 0.15) is 11.6 Å².